The van der Waals surface area contributed by atoms with Gasteiger partial charge in [0.05, 0.1) is 5.92 Å². The molecule has 3 N–H and O–H groups in total. The van der Waals surface area contributed by atoms with Gasteiger partial charge in [-0.1, -0.05) is 44.2 Å². The molecule has 1 unspecified atom stereocenters. The lowest BCUT2D eigenvalue weighted by molar-refractivity contribution is -0.135. The minimum atomic E-state index is -0.313. The molecule has 2 rings (SSSR count). The summed E-state index contributed by atoms with van der Waals surface area (Å²) in [5.74, 6) is -0.112. The summed E-state index contributed by atoms with van der Waals surface area (Å²) >= 11 is 0. The number of halogens is 1. The van der Waals surface area contributed by atoms with Crippen molar-refractivity contribution < 1.29 is 9.59 Å². The van der Waals surface area contributed by atoms with Crippen LogP contribution in [0.2, 0.25) is 0 Å². The monoisotopic (exact) mass is 353 g/mol. The van der Waals surface area contributed by atoms with Crippen LogP contribution >= 0.6 is 12.4 Å². The Morgan fingerprint density at radius 1 is 1.21 bits per heavy atom. The number of carbonyl (C=O) groups excluding carboxylic acids is 2. The first kappa shape index (κ1) is 20.5. The van der Waals surface area contributed by atoms with Gasteiger partial charge >= 0.3 is 0 Å². The topological polar surface area (TPSA) is 75.4 Å². The maximum Gasteiger partial charge on any atom is 0.229 e. The van der Waals surface area contributed by atoms with Crippen molar-refractivity contribution in [2.45, 2.75) is 38.6 Å². The Labute approximate surface area is 150 Å². The predicted molar refractivity (Wildman–Crippen MR) is 98.1 cm³/mol. The van der Waals surface area contributed by atoms with Gasteiger partial charge in [-0.2, -0.15) is 0 Å². The molecule has 0 bridgehead atoms. The Kier molecular flexibility index (Phi) is 8.22. The molecule has 0 spiro atoms. The number of hydrogen-bond donors (Lipinski definition) is 2. The van der Waals surface area contributed by atoms with Crippen LogP contribution in [-0.2, 0) is 9.59 Å². The second-order valence-corrected chi connectivity index (χ2v) is 6.46. The normalized spacial score (nSPS) is 16.4. The highest BCUT2D eigenvalue weighted by Gasteiger charge is 2.27. The lowest BCUT2D eigenvalue weighted by Crippen LogP contribution is -2.49. The number of nitrogens with zero attached hydrogens (tertiary/aromatic N) is 1. The maximum atomic E-state index is 12.5. The van der Waals surface area contributed by atoms with Crippen molar-refractivity contribution in [2.75, 3.05) is 19.6 Å². The lowest BCUT2D eigenvalue weighted by Gasteiger charge is -2.34. The molecule has 1 aromatic carbocycles. The standard InChI is InChI=1S/C18H27N3O2.ClH/c1-13(2)18(23)21-10-8-15(9-11-21)20-17(22)16(12-19)14-6-4-3-5-7-14;/h3-7,13,15-16H,8-12,19H2,1-2H3,(H,20,22);1H. The SMILES string of the molecule is CC(C)C(=O)N1CCC(NC(=O)C(CN)c2ccccc2)CC1.Cl. The molecule has 1 aliphatic heterocycles. The molecule has 134 valence electrons. The van der Waals surface area contributed by atoms with Gasteiger partial charge in [-0.05, 0) is 18.4 Å². The van der Waals surface area contributed by atoms with E-state index in [1.807, 2.05) is 49.1 Å². The van der Waals surface area contributed by atoms with Crippen LogP contribution in [0.3, 0.4) is 0 Å². The van der Waals surface area contributed by atoms with Crippen molar-refractivity contribution in [3.05, 3.63) is 35.9 Å². The van der Waals surface area contributed by atoms with Crippen LogP contribution in [0.1, 0.15) is 38.2 Å². The Hall–Kier alpha value is -1.59. The number of benzene rings is 1. The molecule has 1 aliphatic rings. The minimum Gasteiger partial charge on any atom is -0.353 e. The Balaban J connectivity index is 0.00000288. The summed E-state index contributed by atoms with van der Waals surface area (Å²) in [5, 5.41) is 3.10. The molecule has 0 radical (unpaired) electrons. The zero-order valence-corrected chi connectivity index (χ0v) is 15.2. The fourth-order valence-corrected chi connectivity index (χ4v) is 2.99. The van der Waals surface area contributed by atoms with Crippen LogP contribution < -0.4 is 11.1 Å². The fourth-order valence-electron chi connectivity index (χ4n) is 2.99. The number of rotatable bonds is 5. The molecule has 24 heavy (non-hydrogen) atoms. The smallest absolute Gasteiger partial charge is 0.229 e. The molecule has 5 nitrogen and oxygen atoms in total. The zero-order valence-electron chi connectivity index (χ0n) is 14.4. The van der Waals surface area contributed by atoms with Gasteiger partial charge in [0.2, 0.25) is 11.8 Å². The van der Waals surface area contributed by atoms with Gasteiger partial charge in [-0.15, -0.1) is 12.4 Å². The molecule has 1 aromatic rings. The van der Waals surface area contributed by atoms with Crippen LogP contribution in [0.15, 0.2) is 30.3 Å². The second kappa shape index (κ2) is 9.64. The summed E-state index contributed by atoms with van der Waals surface area (Å²) in [5.41, 5.74) is 6.74. The Morgan fingerprint density at radius 3 is 2.29 bits per heavy atom. The fraction of sp³-hybridized carbons (Fsp3) is 0.556. The van der Waals surface area contributed by atoms with E-state index in [9.17, 15) is 9.59 Å². The summed E-state index contributed by atoms with van der Waals surface area (Å²) < 4.78 is 0. The van der Waals surface area contributed by atoms with Crippen molar-refractivity contribution in [1.82, 2.24) is 10.2 Å². The number of nitrogens with two attached hydrogens (primary N) is 1. The average molecular weight is 354 g/mol. The molecule has 0 saturated carbocycles. The van der Waals surface area contributed by atoms with E-state index in [-0.39, 0.29) is 42.1 Å². The highest BCUT2D eigenvalue weighted by atomic mass is 35.5. The molecule has 1 atom stereocenters. The van der Waals surface area contributed by atoms with Gasteiger partial charge in [0, 0.05) is 31.6 Å². The molecule has 1 saturated heterocycles. The van der Waals surface area contributed by atoms with Crippen molar-refractivity contribution >= 4 is 24.2 Å². The molecule has 2 amide bonds. The van der Waals surface area contributed by atoms with Crippen molar-refractivity contribution in [1.29, 1.82) is 0 Å². The summed E-state index contributed by atoms with van der Waals surface area (Å²) in [6.45, 7) is 5.55. The number of carbonyl (C=O) groups is 2. The number of hydrogen-bond acceptors (Lipinski definition) is 3. The lowest BCUT2D eigenvalue weighted by atomic mass is 9.96. The van der Waals surface area contributed by atoms with Crippen LogP contribution in [0.4, 0.5) is 0 Å². The van der Waals surface area contributed by atoms with E-state index in [1.54, 1.807) is 0 Å². The van der Waals surface area contributed by atoms with Crippen molar-refractivity contribution in [3.8, 4) is 0 Å². The molecule has 6 heteroatoms. The Morgan fingerprint density at radius 2 is 1.79 bits per heavy atom. The van der Waals surface area contributed by atoms with E-state index in [4.69, 9.17) is 5.73 Å². The first-order valence-electron chi connectivity index (χ1n) is 8.37. The predicted octanol–water partition coefficient (Wildman–Crippen LogP) is 1.91. The van der Waals surface area contributed by atoms with E-state index in [2.05, 4.69) is 5.32 Å². The van der Waals surface area contributed by atoms with E-state index >= 15 is 0 Å². The van der Waals surface area contributed by atoms with Gasteiger partial charge in [0.1, 0.15) is 0 Å². The van der Waals surface area contributed by atoms with E-state index in [1.165, 1.54) is 0 Å². The number of nitrogens with one attached hydrogen (secondary N) is 1. The number of piperidine rings is 1. The largest absolute Gasteiger partial charge is 0.353 e. The van der Waals surface area contributed by atoms with Gasteiger partial charge in [-0.3, -0.25) is 9.59 Å². The van der Waals surface area contributed by atoms with E-state index in [0.717, 1.165) is 18.4 Å². The quantitative estimate of drug-likeness (QED) is 0.849. The van der Waals surface area contributed by atoms with Gasteiger partial charge in [0.15, 0.2) is 0 Å². The van der Waals surface area contributed by atoms with Crippen LogP contribution in [-0.4, -0.2) is 42.4 Å². The Bertz CT molecular complexity index is 528. The molecule has 1 heterocycles. The first-order valence-corrected chi connectivity index (χ1v) is 8.37. The summed E-state index contributed by atoms with van der Waals surface area (Å²) in [6.07, 6.45) is 1.60. The third kappa shape index (κ3) is 5.21. The maximum absolute atomic E-state index is 12.5. The first-order chi connectivity index (χ1) is 11.0. The van der Waals surface area contributed by atoms with Gasteiger partial charge < -0.3 is 16.0 Å². The van der Waals surface area contributed by atoms with Gasteiger partial charge in [0.25, 0.3) is 0 Å². The van der Waals surface area contributed by atoms with Crippen LogP contribution in [0.25, 0.3) is 0 Å². The molecule has 0 aliphatic carbocycles. The van der Waals surface area contributed by atoms with Crippen molar-refractivity contribution in [2.24, 2.45) is 11.7 Å². The third-order valence-electron chi connectivity index (χ3n) is 4.40. The molecular weight excluding hydrogens is 326 g/mol. The van der Waals surface area contributed by atoms with E-state index in [0.29, 0.717) is 19.6 Å². The third-order valence-corrected chi connectivity index (χ3v) is 4.40. The summed E-state index contributed by atoms with van der Waals surface area (Å²) in [6, 6.07) is 9.75. The molecule has 1 fully saturated rings. The molecule has 0 aromatic heterocycles. The average Bonchev–Trinajstić information content (AvgIpc) is 2.56. The summed E-state index contributed by atoms with van der Waals surface area (Å²) in [4.78, 5) is 26.4. The minimum absolute atomic E-state index is 0. The van der Waals surface area contributed by atoms with E-state index < -0.39 is 0 Å². The molecular formula is C18H28ClN3O2. The number of likely N-dealkylation sites (tertiary alicyclic amines) is 1. The highest BCUT2D eigenvalue weighted by molar-refractivity contribution is 5.85. The van der Waals surface area contributed by atoms with Crippen LogP contribution in [0.5, 0.6) is 0 Å². The number of amides is 2. The van der Waals surface area contributed by atoms with Gasteiger partial charge in [-0.25, -0.2) is 0 Å². The second-order valence-electron chi connectivity index (χ2n) is 6.46. The summed E-state index contributed by atoms with van der Waals surface area (Å²) in [7, 11) is 0. The zero-order chi connectivity index (χ0) is 16.8. The van der Waals surface area contributed by atoms with Crippen molar-refractivity contribution in [3.63, 3.8) is 0 Å². The highest BCUT2D eigenvalue weighted by Crippen LogP contribution is 2.17. The van der Waals surface area contributed by atoms with Crippen LogP contribution in [0, 0.1) is 5.92 Å².